The van der Waals surface area contributed by atoms with E-state index in [0.717, 1.165) is 13.1 Å². The largest absolute Gasteiger partial charge is 0.465 e. The fourth-order valence-corrected chi connectivity index (χ4v) is 3.37. The van der Waals surface area contributed by atoms with Crippen molar-refractivity contribution in [3.63, 3.8) is 0 Å². The van der Waals surface area contributed by atoms with E-state index in [0.29, 0.717) is 35.5 Å². The summed E-state index contributed by atoms with van der Waals surface area (Å²) in [6, 6.07) is 13.1. The minimum Gasteiger partial charge on any atom is -0.465 e. The molecule has 0 radical (unpaired) electrons. The summed E-state index contributed by atoms with van der Waals surface area (Å²) in [5.74, 6) is -0.994. The lowest BCUT2D eigenvalue weighted by atomic mass is 10.1. The molecule has 0 bridgehead atoms. The van der Waals surface area contributed by atoms with Gasteiger partial charge in [0.25, 0.3) is 11.8 Å². The monoisotopic (exact) mass is 440 g/mol. The highest BCUT2D eigenvalue weighted by atomic mass is 32.1. The molecule has 1 saturated heterocycles. The van der Waals surface area contributed by atoms with Gasteiger partial charge in [-0.25, -0.2) is 4.79 Å². The van der Waals surface area contributed by atoms with E-state index < -0.39 is 11.9 Å². The highest BCUT2D eigenvalue weighted by Gasteiger charge is 2.22. The fraction of sp³-hybridized carbons (Fsp3) is 0.273. The summed E-state index contributed by atoms with van der Waals surface area (Å²) >= 11 is 5.27. The molecule has 9 heteroatoms. The molecule has 8 nitrogen and oxygen atoms in total. The number of amides is 2. The van der Waals surface area contributed by atoms with Gasteiger partial charge in [-0.05, 0) is 55.7 Å². The molecule has 0 atom stereocenters. The molecule has 1 aliphatic heterocycles. The van der Waals surface area contributed by atoms with Crippen molar-refractivity contribution < 1.29 is 19.1 Å². The Morgan fingerprint density at radius 1 is 0.935 bits per heavy atom. The molecule has 0 saturated carbocycles. The number of rotatable bonds is 4. The number of para-hydroxylation sites is 1. The van der Waals surface area contributed by atoms with Crippen LogP contribution in [0, 0.1) is 0 Å². The molecule has 2 amide bonds. The Morgan fingerprint density at radius 2 is 1.55 bits per heavy atom. The molecule has 0 unspecified atom stereocenters. The average molecular weight is 441 g/mol. The summed E-state index contributed by atoms with van der Waals surface area (Å²) in [6.45, 7) is 2.97. The van der Waals surface area contributed by atoms with Crippen LogP contribution in [-0.4, -0.2) is 73.0 Å². The van der Waals surface area contributed by atoms with Gasteiger partial charge in [-0.1, -0.05) is 12.1 Å². The molecule has 1 fully saturated rings. The van der Waals surface area contributed by atoms with E-state index in [2.05, 4.69) is 20.3 Å². The topological polar surface area (TPSA) is 91.0 Å². The number of benzene rings is 2. The number of methoxy groups -OCH3 is 1. The maximum atomic E-state index is 13.0. The van der Waals surface area contributed by atoms with Gasteiger partial charge in [0.1, 0.15) is 0 Å². The number of nitrogens with zero attached hydrogens (tertiary/aromatic N) is 2. The summed E-state index contributed by atoms with van der Waals surface area (Å²) in [7, 11) is 3.32. The Balaban J connectivity index is 1.65. The number of piperazine rings is 1. The number of nitrogens with one attached hydrogen (secondary N) is 2. The van der Waals surface area contributed by atoms with Gasteiger partial charge in [-0.2, -0.15) is 0 Å². The van der Waals surface area contributed by atoms with Gasteiger partial charge < -0.3 is 19.9 Å². The third-order valence-corrected chi connectivity index (χ3v) is 5.20. The highest BCUT2D eigenvalue weighted by Crippen LogP contribution is 2.18. The maximum absolute atomic E-state index is 13.0. The molecule has 162 valence electrons. The number of hydrogen-bond donors (Lipinski definition) is 2. The van der Waals surface area contributed by atoms with Crippen LogP contribution in [0.5, 0.6) is 0 Å². The number of hydrogen-bond acceptors (Lipinski definition) is 6. The van der Waals surface area contributed by atoms with E-state index in [9.17, 15) is 14.4 Å². The molecule has 0 aliphatic carbocycles. The normalized spacial score (nSPS) is 13.9. The molecule has 0 aromatic heterocycles. The lowest BCUT2D eigenvalue weighted by Crippen LogP contribution is -2.47. The first-order chi connectivity index (χ1) is 14.9. The van der Waals surface area contributed by atoms with Crippen LogP contribution in [0.2, 0.25) is 0 Å². The lowest BCUT2D eigenvalue weighted by Gasteiger charge is -2.32. The number of esters is 1. The Bertz CT molecular complexity index is 985. The van der Waals surface area contributed by atoms with Crippen molar-refractivity contribution in [2.24, 2.45) is 0 Å². The highest BCUT2D eigenvalue weighted by molar-refractivity contribution is 7.80. The summed E-state index contributed by atoms with van der Waals surface area (Å²) in [4.78, 5) is 40.9. The number of carbonyl (C=O) groups excluding carboxylic acids is 3. The summed E-state index contributed by atoms with van der Waals surface area (Å²) in [6.07, 6.45) is 0. The van der Waals surface area contributed by atoms with Crippen LogP contribution < -0.4 is 10.6 Å². The van der Waals surface area contributed by atoms with E-state index in [1.54, 1.807) is 24.3 Å². The molecule has 0 spiro atoms. The van der Waals surface area contributed by atoms with E-state index >= 15 is 0 Å². The molecule has 1 heterocycles. The number of likely N-dealkylation sites (N-methyl/N-ethyl adjacent to an activating group) is 1. The van der Waals surface area contributed by atoms with Crippen molar-refractivity contribution >= 4 is 40.8 Å². The van der Waals surface area contributed by atoms with Crippen molar-refractivity contribution in [3.8, 4) is 0 Å². The van der Waals surface area contributed by atoms with E-state index in [1.165, 1.54) is 31.4 Å². The van der Waals surface area contributed by atoms with Gasteiger partial charge in [0.15, 0.2) is 5.11 Å². The minimum absolute atomic E-state index is 0.0701. The zero-order chi connectivity index (χ0) is 22.4. The van der Waals surface area contributed by atoms with Crippen LogP contribution in [0.3, 0.4) is 0 Å². The molecular formula is C22H24N4O4S. The van der Waals surface area contributed by atoms with Gasteiger partial charge in [-0.3, -0.25) is 14.9 Å². The SMILES string of the molecule is COC(=O)c1ccc(C(=O)NC(=S)Nc2ccccc2C(=O)N2CCN(C)CC2)cc1. The Labute approximate surface area is 186 Å². The standard InChI is InChI=1S/C22H24N4O4S/c1-25-11-13-26(14-12-25)20(28)17-5-3-4-6-18(17)23-22(31)24-19(27)15-7-9-16(10-8-15)21(29)30-2/h3-10H,11-14H2,1-2H3,(H2,23,24,27,31). The molecule has 2 aromatic carbocycles. The lowest BCUT2D eigenvalue weighted by molar-refractivity contribution is 0.0599. The third-order valence-electron chi connectivity index (χ3n) is 4.99. The van der Waals surface area contributed by atoms with Gasteiger partial charge in [-0.15, -0.1) is 0 Å². The van der Waals surface area contributed by atoms with Gasteiger partial charge in [0.2, 0.25) is 0 Å². The Morgan fingerprint density at radius 3 is 2.19 bits per heavy atom. The first kappa shape index (κ1) is 22.4. The second kappa shape index (κ2) is 10.1. The summed E-state index contributed by atoms with van der Waals surface area (Å²) in [5.41, 5.74) is 1.69. The summed E-state index contributed by atoms with van der Waals surface area (Å²) in [5, 5.41) is 5.61. The predicted octanol–water partition coefficient (Wildman–Crippen LogP) is 1.99. The van der Waals surface area contributed by atoms with Crippen LogP contribution in [0.1, 0.15) is 31.1 Å². The van der Waals surface area contributed by atoms with Gasteiger partial charge in [0, 0.05) is 31.7 Å². The zero-order valence-corrected chi connectivity index (χ0v) is 18.2. The first-order valence-electron chi connectivity index (χ1n) is 9.76. The third kappa shape index (κ3) is 5.65. The Kier molecular flexibility index (Phi) is 7.32. The number of carbonyl (C=O) groups is 3. The molecular weight excluding hydrogens is 416 g/mol. The Hall–Kier alpha value is -3.30. The van der Waals surface area contributed by atoms with E-state index in [1.807, 2.05) is 11.9 Å². The van der Waals surface area contributed by atoms with Crippen molar-refractivity contribution in [1.82, 2.24) is 15.1 Å². The number of anilines is 1. The quantitative estimate of drug-likeness (QED) is 0.555. The van der Waals surface area contributed by atoms with Gasteiger partial charge >= 0.3 is 5.97 Å². The smallest absolute Gasteiger partial charge is 0.337 e. The number of ether oxygens (including phenoxy) is 1. The summed E-state index contributed by atoms with van der Waals surface area (Å²) < 4.78 is 4.64. The fourth-order valence-electron chi connectivity index (χ4n) is 3.16. The van der Waals surface area contributed by atoms with Crippen LogP contribution in [0.4, 0.5) is 5.69 Å². The van der Waals surface area contributed by atoms with Crippen molar-refractivity contribution in [1.29, 1.82) is 0 Å². The van der Waals surface area contributed by atoms with Crippen molar-refractivity contribution in [3.05, 3.63) is 65.2 Å². The van der Waals surface area contributed by atoms with E-state index in [-0.39, 0.29) is 11.0 Å². The van der Waals surface area contributed by atoms with Crippen LogP contribution >= 0.6 is 12.2 Å². The second-order valence-electron chi connectivity index (χ2n) is 7.12. The number of thiocarbonyl (C=S) groups is 1. The zero-order valence-electron chi connectivity index (χ0n) is 17.4. The molecule has 31 heavy (non-hydrogen) atoms. The van der Waals surface area contributed by atoms with Crippen LogP contribution in [0.15, 0.2) is 48.5 Å². The first-order valence-corrected chi connectivity index (χ1v) is 10.2. The van der Waals surface area contributed by atoms with Gasteiger partial charge in [0.05, 0.1) is 23.9 Å². The van der Waals surface area contributed by atoms with Crippen LogP contribution in [0.25, 0.3) is 0 Å². The molecule has 2 aromatic rings. The van der Waals surface area contributed by atoms with Crippen molar-refractivity contribution in [2.45, 2.75) is 0 Å². The van der Waals surface area contributed by atoms with Crippen LogP contribution in [-0.2, 0) is 4.74 Å². The molecule has 1 aliphatic rings. The predicted molar refractivity (Wildman–Crippen MR) is 121 cm³/mol. The average Bonchev–Trinajstić information content (AvgIpc) is 2.79. The van der Waals surface area contributed by atoms with Crippen molar-refractivity contribution in [2.75, 3.05) is 45.7 Å². The van der Waals surface area contributed by atoms with E-state index in [4.69, 9.17) is 12.2 Å². The maximum Gasteiger partial charge on any atom is 0.337 e. The molecule has 2 N–H and O–H groups in total. The minimum atomic E-state index is -0.481. The second-order valence-corrected chi connectivity index (χ2v) is 7.53. The molecule has 3 rings (SSSR count).